The van der Waals surface area contributed by atoms with Crippen molar-refractivity contribution in [1.82, 2.24) is 14.3 Å². The molecule has 0 saturated carbocycles. The number of aliphatic hydroxyl groups excluding tert-OH is 1. The predicted octanol–water partition coefficient (Wildman–Crippen LogP) is 2.49. The molecule has 2 aromatic heterocycles. The average Bonchev–Trinajstić information content (AvgIpc) is 3.23. The van der Waals surface area contributed by atoms with Crippen LogP contribution in [0.1, 0.15) is 18.7 Å². The molecule has 7 nitrogen and oxygen atoms in total. The van der Waals surface area contributed by atoms with E-state index < -0.39 is 18.0 Å². The van der Waals surface area contributed by atoms with Crippen molar-refractivity contribution in [3.8, 4) is 0 Å². The second kappa shape index (κ2) is 6.54. The van der Waals surface area contributed by atoms with Crippen LogP contribution in [0.4, 0.5) is 0 Å². The van der Waals surface area contributed by atoms with E-state index in [2.05, 4.69) is 4.98 Å². The van der Waals surface area contributed by atoms with Gasteiger partial charge < -0.3 is 15.1 Å². The number of fused-ring (bicyclic) bond motifs is 2. The molecule has 0 aliphatic carbocycles. The second-order valence-corrected chi connectivity index (χ2v) is 9.30. The highest BCUT2D eigenvalue weighted by Gasteiger charge is 2.60. The van der Waals surface area contributed by atoms with E-state index in [0.717, 1.165) is 19.9 Å². The Labute approximate surface area is 168 Å². The number of thioether (sulfide) groups is 2. The molecule has 1 saturated heterocycles. The zero-order valence-electron chi connectivity index (χ0n) is 15.2. The van der Waals surface area contributed by atoms with Crippen molar-refractivity contribution in [2.45, 2.75) is 36.2 Å². The molecule has 2 N–H and O–H groups in total. The number of aliphatic carboxylic acids is 1. The molecular weight excluding hydrogens is 406 g/mol. The van der Waals surface area contributed by atoms with Crippen LogP contribution in [0.5, 0.6) is 0 Å². The lowest BCUT2D eigenvalue weighted by Gasteiger charge is -2.46. The van der Waals surface area contributed by atoms with Crippen LogP contribution in [0, 0.1) is 11.8 Å². The predicted molar refractivity (Wildman–Crippen MR) is 106 cm³/mol. The fraction of sp³-hybridized carbons (Fsp3) is 0.471. The number of carbonyl (C=O) groups excluding carboxylic acids is 1. The zero-order chi connectivity index (χ0) is 19.6. The topological polar surface area (TPSA) is 95.1 Å². The van der Waals surface area contributed by atoms with Gasteiger partial charge in [-0.3, -0.25) is 9.20 Å². The van der Waals surface area contributed by atoms with E-state index in [-0.39, 0.29) is 23.6 Å². The van der Waals surface area contributed by atoms with E-state index in [9.17, 15) is 19.8 Å². The second-order valence-electron chi connectivity index (χ2n) is 6.70. The number of β-lactam (4-membered cyclic amide) rings is 1. The molecule has 2 aliphatic rings. The summed E-state index contributed by atoms with van der Waals surface area (Å²) in [4.78, 5) is 32.2. The van der Waals surface area contributed by atoms with Crippen molar-refractivity contribution in [2.75, 3.05) is 12.5 Å². The normalized spacial score (nSPS) is 25.9. The molecular formula is C17H19N3O4S3. The van der Waals surface area contributed by atoms with E-state index in [1.165, 1.54) is 28.0 Å². The minimum absolute atomic E-state index is 0.0447. The fourth-order valence-corrected chi connectivity index (χ4v) is 6.72. The van der Waals surface area contributed by atoms with Gasteiger partial charge >= 0.3 is 5.97 Å². The van der Waals surface area contributed by atoms with Crippen LogP contribution in [-0.2, 0) is 9.59 Å². The van der Waals surface area contributed by atoms with Crippen molar-refractivity contribution < 1.29 is 19.8 Å². The lowest BCUT2D eigenvalue weighted by Crippen LogP contribution is -2.63. The van der Waals surface area contributed by atoms with Crippen LogP contribution in [0.2, 0.25) is 0 Å². The lowest BCUT2D eigenvalue weighted by atomic mass is 9.77. The minimum Gasteiger partial charge on any atom is -0.477 e. The van der Waals surface area contributed by atoms with Crippen molar-refractivity contribution in [1.29, 1.82) is 0 Å². The first-order valence-corrected chi connectivity index (χ1v) is 11.7. The van der Waals surface area contributed by atoms with Gasteiger partial charge in [0, 0.05) is 17.7 Å². The third-order valence-corrected chi connectivity index (χ3v) is 7.86. The zero-order valence-corrected chi connectivity index (χ0v) is 17.6. The van der Waals surface area contributed by atoms with Gasteiger partial charge in [0.05, 0.1) is 22.9 Å². The van der Waals surface area contributed by atoms with Gasteiger partial charge in [-0.05, 0) is 19.4 Å². The van der Waals surface area contributed by atoms with Crippen LogP contribution in [0.15, 0.2) is 22.1 Å². The number of nitrogens with zero attached hydrogens (tertiary/aromatic N) is 3. The molecule has 0 aromatic carbocycles. The van der Waals surface area contributed by atoms with Crippen molar-refractivity contribution in [3.63, 3.8) is 0 Å². The molecule has 0 bridgehead atoms. The standard InChI is InChI=1S/C17H19N3O4S3/c1-6-9(8-5-19-15(27-8)13(25-3)18-17(19)26-4)12(16(23)24)20-11(6)10(7(2)21)14(20)22/h5-7,10-11,21H,1-4H3,(H,23,24)/t6-,7+,10+,11+/m0/s1. The molecule has 2 aromatic rings. The Balaban J connectivity index is 1.87. The van der Waals surface area contributed by atoms with Gasteiger partial charge in [-0.25, -0.2) is 9.78 Å². The largest absolute Gasteiger partial charge is 0.477 e. The summed E-state index contributed by atoms with van der Waals surface area (Å²) in [6.07, 6.45) is 5.03. The summed E-state index contributed by atoms with van der Waals surface area (Å²) >= 11 is 4.58. The first-order valence-electron chi connectivity index (χ1n) is 8.40. The molecule has 4 heterocycles. The van der Waals surface area contributed by atoms with Gasteiger partial charge in [0.15, 0.2) is 5.16 Å². The number of carboxylic acids is 1. The number of amides is 1. The monoisotopic (exact) mass is 425 g/mol. The van der Waals surface area contributed by atoms with Crippen LogP contribution in [-0.4, -0.2) is 61.0 Å². The molecule has 2 aliphatic heterocycles. The number of aromatic nitrogens is 2. The maximum Gasteiger partial charge on any atom is 0.352 e. The highest BCUT2D eigenvalue weighted by atomic mass is 32.2. The first-order chi connectivity index (χ1) is 12.8. The number of carboxylic acid groups (broad SMARTS) is 1. The molecule has 10 heteroatoms. The number of imidazole rings is 1. The summed E-state index contributed by atoms with van der Waals surface area (Å²) in [5, 5.41) is 21.5. The maximum atomic E-state index is 12.5. The summed E-state index contributed by atoms with van der Waals surface area (Å²) < 4.78 is 1.99. The highest BCUT2D eigenvalue weighted by molar-refractivity contribution is 7.99. The van der Waals surface area contributed by atoms with Crippen molar-refractivity contribution in [2.24, 2.45) is 11.8 Å². The summed E-state index contributed by atoms with van der Waals surface area (Å²) in [6.45, 7) is 3.52. The van der Waals surface area contributed by atoms with Crippen LogP contribution < -0.4 is 0 Å². The third-order valence-electron chi connectivity index (χ3n) is 5.27. The fourth-order valence-electron chi connectivity index (χ4n) is 4.13. The summed E-state index contributed by atoms with van der Waals surface area (Å²) in [6, 6.07) is -0.307. The van der Waals surface area contributed by atoms with Gasteiger partial charge in [0.1, 0.15) is 15.6 Å². The van der Waals surface area contributed by atoms with Crippen LogP contribution >= 0.6 is 34.9 Å². The Kier molecular flexibility index (Phi) is 4.57. The Morgan fingerprint density at radius 3 is 2.63 bits per heavy atom. The SMILES string of the molecule is CSc1nc(SC)n2cc(C3=C(C(=O)O)N4C(=O)[C@H]([C@@H](C)O)[C@H]4[C@H]3C)sc12. The first kappa shape index (κ1) is 18.9. The number of carbonyl (C=O) groups is 2. The van der Waals surface area contributed by atoms with E-state index >= 15 is 0 Å². The average molecular weight is 426 g/mol. The van der Waals surface area contributed by atoms with E-state index in [1.54, 1.807) is 18.7 Å². The van der Waals surface area contributed by atoms with E-state index in [4.69, 9.17) is 0 Å². The van der Waals surface area contributed by atoms with Crippen molar-refractivity contribution >= 4 is 57.1 Å². The Bertz CT molecular complexity index is 957. The molecule has 1 fully saturated rings. The van der Waals surface area contributed by atoms with Gasteiger partial charge in [-0.1, -0.05) is 18.7 Å². The summed E-state index contributed by atoms with van der Waals surface area (Å²) in [7, 11) is 0. The summed E-state index contributed by atoms with van der Waals surface area (Å²) in [5.41, 5.74) is 0.708. The van der Waals surface area contributed by atoms with Gasteiger partial charge in [-0.2, -0.15) is 0 Å². The van der Waals surface area contributed by atoms with Crippen molar-refractivity contribution in [3.05, 3.63) is 16.8 Å². The molecule has 1 amide bonds. The maximum absolute atomic E-state index is 12.5. The van der Waals surface area contributed by atoms with Crippen LogP contribution in [0.25, 0.3) is 10.4 Å². The molecule has 0 radical (unpaired) electrons. The Hall–Kier alpha value is -1.49. The number of rotatable bonds is 5. The Morgan fingerprint density at radius 1 is 1.37 bits per heavy atom. The van der Waals surface area contributed by atoms with Gasteiger partial charge in [0.2, 0.25) is 5.91 Å². The quantitative estimate of drug-likeness (QED) is 0.561. The Morgan fingerprint density at radius 2 is 2.07 bits per heavy atom. The van der Waals surface area contributed by atoms with Crippen LogP contribution in [0.3, 0.4) is 0 Å². The van der Waals surface area contributed by atoms with E-state index in [1.807, 2.05) is 30.0 Å². The molecule has 4 rings (SSSR count). The molecule has 0 unspecified atom stereocenters. The molecule has 27 heavy (non-hydrogen) atoms. The number of thiazole rings is 1. The summed E-state index contributed by atoms with van der Waals surface area (Å²) in [5.74, 6) is -2.14. The smallest absolute Gasteiger partial charge is 0.352 e. The highest BCUT2D eigenvalue weighted by Crippen LogP contribution is 2.51. The van der Waals surface area contributed by atoms with Gasteiger partial charge in [0.25, 0.3) is 0 Å². The molecule has 4 atom stereocenters. The minimum atomic E-state index is -1.11. The number of aliphatic hydroxyl groups is 1. The molecule has 144 valence electrons. The van der Waals surface area contributed by atoms with E-state index in [0.29, 0.717) is 5.57 Å². The molecule has 0 spiro atoms. The third kappa shape index (κ3) is 2.50. The van der Waals surface area contributed by atoms with Gasteiger partial charge in [-0.15, -0.1) is 23.1 Å². The lowest BCUT2D eigenvalue weighted by molar-refractivity contribution is -0.163. The number of hydrogen-bond donors (Lipinski definition) is 2. The number of hydrogen-bond acceptors (Lipinski definition) is 7.